The number of hydrogen-bond donors (Lipinski definition) is 1. The van der Waals surface area contributed by atoms with Gasteiger partial charge in [-0.25, -0.2) is 4.79 Å². The van der Waals surface area contributed by atoms with Gasteiger partial charge >= 0.3 is 6.16 Å². The molecule has 3 heteroatoms. The molecule has 3 aromatic rings. The molecule has 3 rings (SSSR count). The highest BCUT2D eigenvalue weighted by molar-refractivity contribution is 6.00. The van der Waals surface area contributed by atoms with Crippen LogP contribution in [0.5, 0.6) is 5.75 Å². The summed E-state index contributed by atoms with van der Waals surface area (Å²) in [6, 6.07) is 21.0. The Hall–Kier alpha value is -2.81. The number of benzene rings is 3. The van der Waals surface area contributed by atoms with E-state index >= 15 is 0 Å². The molecule has 0 heterocycles. The van der Waals surface area contributed by atoms with Crippen LogP contribution in [0.2, 0.25) is 0 Å². The van der Waals surface area contributed by atoms with E-state index in [0.717, 1.165) is 21.9 Å². The Morgan fingerprint density at radius 3 is 2.30 bits per heavy atom. The van der Waals surface area contributed by atoms with Gasteiger partial charge in [-0.2, -0.15) is 0 Å². The molecule has 0 atom stereocenters. The van der Waals surface area contributed by atoms with Crippen molar-refractivity contribution in [2.75, 3.05) is 0 Å². The van der Waals surface area contributed by atoms with E-state index in [2.05, 4.69) is 0 Å². The first-order valence-corrected chi connectivity index (χ1v) is 6.23. The van der Waals surface area contributed by atoms with Gasteiger partial charge in [0.2, 0.25) is 0 Å². The van der Waals surface area contributed by atoms with E-state index in [-0.39, 0.29) is 0 Å². The fourth-order valence-corrected chi connectivity index (χ4v) is 2.33. The van der Waals surface area contributed by atoms with Crippen LogP contribution >= 0.6 is 0 Å². The third-order valence-corrected chi connectivity index (χ3v) is 3.15. The lowest BCUT2D eigenvalue weighted by atomic mass is 9.97. The Labute approximate surface area is 116 Å². The molecule has 0 aliphatic rings. The van der Waals surface area contributed by atoms with Crippen molar-refractivity contribution in [2.45, 2.75) is 0 Å². The van der Waals surface area contributed by atoms with Gasteiger partial charge in [-0.3, -0.25) is 0 Å². The predicted octanol–water partition coefficient (Wildman–Crippen LogP) is 4.56. The molecule has 1 N–H and O–H groups in total. The zero-order chi connectivity index (χ0) is 13.9. The van der Waals surface area contributed by atoms with Gasteiger partial charge in [0.1, 0.15) is 5.75 Å². The molecular formula is C17H12O3. The summed E-state index contributed by atoms with van der Waals surface area (Å²) in [4.78, 5) is 10.9. The van der Waals surface area contributed by atoms with E-state index in [1.807, 2.05) is 60.7 Å². The van der Waals surface area contributed by atoms with Crippen molar-refractivity contribution in [3.05, 3.63) is 66.7 Å². The maximum absolute atomic E-state index is 10.9. The summed E-state index contributed by atoms with van der Waals surface area (Å²) < 4.78 is 4.92. The summed E-state index contributed by atoms with van der Waals surface area (Å²) in [5, 5.41) is 10.9. The standard InChI is InChI=1S/C17H12O3/c18-17(19)20-15-11-10-12-6-4-5-9-14(12)16(15)13-7-2-1-3-8-13/h1-11H,(H,18,19). The zero-order valence-corrected chi connectivity index (χ0v) is 10.6. The van der Waals surface area contributed by atoms with Crippen molar-refractivity contribution in [1.29, 1.82) is 0 Å². The van der Waals surface area contributed by atoms with Crippen molar-refractivity contribution in [3.63, 3.8) is 0 Å². The summed E-state index contributed by atoms with van der Waals surface area (Å²) in [6.45, 7) is 0. The highest BCUT2D eigenvalue weighted by Crippen LogP contribution is 2.37. The minimum atomic E-state index is -1.31. The lowest BCUT2D eigenvalue weighted by molar-refractivity contribution is 0.144. The molecule has 3 nitrogen and oxygen atoms in total. The van der Waals surface area contributed by atoms with Gasteiger partial charge in [-0.15, -0.1) is 0 Å². The molecule has 98 valence electrons. The van der Waals surface area contributed by atoms with Crippen LogP contribution in [0.3, 0.4) is 0 Å². The molecule has 0 aromatic heterocycles. The molecule has 0 unspecified atom stereocenters. The SMILES string of the molecule is O=C(O)Oc1ccc2ccccc2c1-c1ccccc1. The molecule has 0 radical (unpaired) electrons. The number of fused-ring (bicyclic) bond motifs is 1. The number of carbonyl (C=O) groups is 1. The van der Waals surface area contributed by atoms with Crippen molar-refractivity contribution in [1.82, 2.24) is 0 Å². The molecule has 0 spiro atoms. The van der Waals surface area contributed by atoms with Gasteiger partial charge in [0, 0.05) is 5.56 Å². The largest absolute Gasteiger partial charge is 0.511 e. The summed E-state index contributed by atoms with van der Waals surface area (Å²) in [5.74, 6) is 0.349. The monoisotopic (exact) mass is 264 g/mol. The fourth-order valence-electron chi connectivity index (χ4n) is 2.33. The summed E-state index contributed by atoms with van der Waals surface area (Å²) >= 11 is 0. The molecule has 0 saturated carbocycles. The van der Waals surface area contributed by atoms with E-state index in [1.54, 1.807) is 6.07 Å². The Kier molecular flexibility index (Phi) is 3.09. The Balaban J connectivity index is 2.31. The first kappa shape index (κ1) is 12.2. The summed E-state index contributed by atoms with van der Waals surface area (Å²) in [5.41, 5.74) is 1.73. The molecule has 20 heavy (non-hydrogen) atoms. The topological polar surface area (TPSA) is 46.5 Å². The third-order valence-electron chi connectivity index (χ3n) is 3.15. The third kappa shape index (κ3) is 2.21. The molecule has 0 amide bonds. The lowest BCUT2D eigenvalue weighted by Gasteiger charge is -2.12. The highest BCUT2D eigenvalue weighted by atomic mass is 16.7. The summed E-state index contributed by atoms with van der Waals surface area (Å²) in [6.07, 6.45) is -1.31. The van der Waals surface area contributed by atoms with Crippen LogP contribution in [0.4, 0.5) is 4.79 Å². The van der Waals surface area contributed by atoms with Crippen LogP contribution < -0.4 is 4.74 Å². The van der Waals surface area contributed by atoms with E-state index in [9.17, 15) is 4.79 Å². The maximum atomic E-state index is 10.9. The van der Waals surface area contributed by atoms with E-state index < -0.39 is 6.16 Å². The molecule has 0 saturated heterocycles. The molecule has 0 fully saturated rings. The van der Waals surface area contributed by atoms with Crippen LogP contribution in [0.1, 0.15) is 0 Å². The Morgan fingerprint density at radius 1 is 0.850 bits per heavy atom. The smallest absolute Gasteiger partial charge is 0.449 e. The van der Waals surface area contributed by atoms with E-state index in [0.29, 0.717) is 5.75 Å². The maximum Gasteiger partial charge on any atom is 0.511 e. The van der Waals surface area contributed by atoms with Crippen LogP contribution in [-0.2, 0) is 0 Å². The number of rotatable bonds is 2. The van der Waals surface area contributed by atoms with Gasteiger partial charge in [-0.1, -0.05) is 60.7 Å². The van der Waals surface area contributed by atoms with Gasteiger partial charge in [0.15, 0.2) is 0 Å². The molecule has 0 aliphatic heterocycles. The van der Waals surface area contributed by atoms with Gasteiger partial charge in [0.05, 0.1) is 0 Å². The second-order valence-electron chi connectivity index (χ2n) is 4.39. The summed E-state index contributed by atoms with van der Waals surface area (Å²) in [7, 11) is 0. The molecule has 0 bridgehead atoms. The van der Waals surface area contributed by atoms with Gasteiger partial charge in [0.25, 0.3) is 0 Å². The second-order valence-corrected chi connectivity index (χ2v) is 4.39. The number of carboxylic acid groups (broad SMARTS) is 1. The fraction of sp³-hybridized carbons (Fsp3) is 0. The highest BCUT2D eigenvalue weighted by Gasteiger charge is 2.13. The zero-order valence-electron chi connectivity index (χ0n) is 10.6. The molecular weight excluding hydrogens is 252 g/mol. The first-order valence-electron chi connectivity index (χ1n) is 6.23. The second kappa shape index (κ2) is 5.05. The van der Waals surface area contributed by atoms with Crippen molar-refractivity contribution in [2.24, 2.45) is 0 Å². The van der Waals surface area contributed by atoms with Crippen molar-refractivity contribution in [3.8, 4) is 16.9 Å². The molecule has 3 aromatic carbocycles. The normalized spacial score (nSPS) is 10.4. The van der Waals surface area contributed by atoms with Crippen molar-refractivity contribution < 1.29 is 14.6 Å². The minimum absolute atomic E-state index is 0.349. The van der Waals surface area contributed by atoms with Crippen LogP contribution in [-0.4, -0.2) is 11.3 Å². The number of hydrogen-bond acceptors (Lipinski definition) is 2. The minimum Gasteiger partial charge on any atom is -0.449 e. The average molecular weight is 264 g/mol. The average Bonchev–Trinajstić information content (AvgIpc) is 2.47. The molecule has 0 aliphatic carbocycles. The van der Waals surface area contributed by atoms with Crippen LogP contribution in [0.25, 0.3) is 21.9 Å². The van der Waals surface area contributed by atoms with Gasteiger partial charge in [-0.05, 0) is 22.4 Å². The number of ether oxygens (including phenoxy) is 1. The Bertz CT molecular complexity index is 764. The van der Waals surface area contributed by atoms with E-state index in [4.69, 9.17) is 9.84 Å². The first-order chi connectivity index (χ1) is 9.75. The van der Waals surface area contributed by atoms with Crippen molar-refractivity contribution >= 4 is 16.9 Å². The lowest BCUT2D eigenvalue weighted by Crippen LogP contribution is -2.04. The van der Waals surface area contributed by atoms with E-state index in [1.165, 1.54) is 0 Å². The van der Waals surface area contributed by atoms with Gasteiger partial charge < -0.3 is 9.84 Å². The van der Waals surface area contributed by atoms with Crippen LogP contribution in [0, 0.1) is 0 Å². The Morgan fingerprint density at radius 2 is 1.55 bits per heavy atom. The van der Waals surface area contributed by atoms with Crippen LogP contribution in [0.15, 0.2) is 66.7 Å². The predicted molar refractivity (Wildman–Crippen MR) is 78.0 cm³/mol. The quantitative estimate of drug-likeness (QED) is 0.545.